The van der Waals surface area contributed by atoms with E-state index in [1.807, 2.05) is 13.1 Å². The lowest BCUT2D eigenvalue weighted by atomic mass is 9.74. The van der Waals surface area contributed by atoms with E-state index in [1.165, 1.54) is 11.1 Å². The number of benzene rings is 1. The van der Waals surface area contributed by atoms with Crippen LogP contribution in [0.4, 0.5) is 0 Å². The van der Waals surface area contributed by atoms with Gasteiger partial charge in [-0.2, -0.15) is 0 Å². The first-order chi connectivity index (χ1) is 8.96. The molecule has 0 aliphatic carbocycles. The van der Waals surface area contributed by atoms with Crippen molar-refractivity contribution >= 4 is 11.6 Å². The normalized spacial score (nSPS) is 17.2. The van der Waals surface area contributed by atoms with Gasteiger partial charge < -0.3 is 10.1 Å². The van der Waals surface area contributed by atoms with Gasteiger partial charge in [0.05, 0.1) is 6.61 Å². The molecule has 2 rings (SSSR count). The molecule has 1 heterocycles. The minimum absolute atomic E-state index is 0.207. The monoisotopic (exact) mass is 281 g/mol. The minimum Gasteiger partial charge on any atom is -0.493 e. The summed E-state index contributed by atoms with van der Waals surface area (Å²) in [5.41, 5.74) is 2.73. The zero-order valence-electron chi connectivity index (χ0n) is 12.3. The molecule has 1 aliphatic rings. The lowest BCUT2D eigenvalue weighted by molar-refractivity contribution is 0.210. The minimum atomic E-state index is 0.207. The Balaban J connectivity index is 2.32. The van der Waals surface area contributed by atoms with Crippen LogP contribution in [0.25, 0.3) is 0 Å². The van der Waals surface area contributed by atoms with Crippen LogP contribution >= 0.6 is 11.6 Å². The number of nitrogens with one attached hydrogen (secondary N) is 1. The van der Waals surface area contributed by atoms with E-state index in [4.69, 9.17) is 16.3 Å². The highest BCUT2D eigenvalue weighted by atomic mass is 35.5. The van der Waals surface area contributed by atoms with Gasteiger partial charge in [-0.1, -0.05) is 32.4 Å². The first-order valence-corrected chi connectivity index (χ1v) is 7.43. The van der Waals surface area contributed by atoms with E-state index >= 15 is 0 Å². The molecule has 2 nitrogen and oxygen atoms in total. The molecule has 1 aromatic carbocycles. The maximum atomic E-state index is 6.24. The third kappa shape index (κ3) is 3.06. The number of hydrogen-bond acceptors (Lipinski definition) is 2. The van der Waals surface area contributed by atoms with Crippen molar-refractivity contribution in [2.75, 3.05) is 20.2 Å². The Morgan fingerprint density at radius 3 is 2.79 bits per heavy atom. The van der Waals surface area contributed by atoms with Crippen molar-refractivity contribution in [2.45, 2.75) is 33.6 Å². The summed E-state index contributed by atoms with van der Waals surface area (Å²) in [4.78, 5) is 0. The fourth-order valence-corrected chi connectivity index (χ4v) is 3.05. The van der Waals surface area contributed by atoms with Gasteiger partial charge in [-0.3, -0.25) is 0 Å². The molecule has 1 unspecified atom stereocenters. The molecule has 1 aliphatic heterocycles. The molecule has 106 valence electrons. The van der Waals surface area contributed by atoms with Gasteiger partial charge in [-0.25, -0.2) is 0 Å². The van der Waals surface area contributed by atoms with E-state index in [0.717, 1.165) is 36.8 Å². The summed E-state index contributed by atoms with van der Waals surface area (Å²) in [6.07, 6.45) is 1.97. The summed E-state index contributed by atoms with van der Waals surface area (Å²) in [5.74, 6) is 1.67. The predicted octanol–water partition coefficient (Wildman–Crippen LogP) is 3.70. The average molecular weight is 282 g/mol. The maximum absolute atomic E-state index is 6.24. The SMILES string of the molecule is CNCC(C)(Cc1cc(Cl)cc2c1OCC2)C(C)C. The molecule has 0 spiro atoms. The van der Waals surface area contributed by atoms with Crippen LogP contribution in [0.5, 0.6) is 5.75 Å². The zero-order chi connectivity index (χ0) is 14.0. The maximum Gasteiger partial charge on any atom is 0.125 e. The molecule has 1 aromatic rings. The van der Waals surface area contributed by atoms with Crippen molar-refractivity contribution in [3.05, 3.63) is 28.3 Å². The average Bonchev–Trinajstić information content (AvgIpc) is 2.77. The van der Waals surface area contributed by atoms with Crippen molar-refractivity contribution in [2.24, 2.45) is 11.3 Å². The Morgan fingerprint density at radius 1 is 1.42 bits per heavy atom. The third-order valence-corrected chi connectivity index (χ3v) is 4.61. The van der Waals surface area contributed by atoms with E-state index in [9.17, 15) is 0 Å². The van der Waals surface area contributed by atoms with Crippen molar-refractivity contribution in [3.8, 4) is 5.75 Å². The molecule has 0 amide bonds. The summed E-state index contributed by atoms with van der Waals surface area (Å²) in [5, 5.41) is 4.15. The number of rotatable bonds is 5. The van der Waals surface area contributed by atoms with E-state index in [2.05, 4.69) is 32.2 Å². The number of fused-ring (bicyclic) bond motifs is 1. The van der Waals surface area contributed by atoms with Crippen molar-refractivity contribution in [1.82, 2.24) is 5.32 Å². The smallest absolute Gasteiger partial charge is 0.125 e. The molecule has 0 bridgehead atoms. The molecule has 0 aromatic heterocycles. The van der Waals surface area contributed by atoms with Crippen molar-refractivity contribution in [3.63, 3.8) is 0 Å². The standard InChI is InChI=1S/C16H24ClNO/c1-11(2)16(3,10-18-4)9-13-8-14(17)7-12-5-6-19-15(12)13/h7-8,11,18H,5-6,9-10H2,1-4H3. The molecule has 0 fully saturated rings. The van der Waals surface area contributed by atoms with E-state index < -0.39 is 0 Å². The largest absolute Gasteiger partial charge is 0.493 e. The van der Waals surface area contributed by atoms with Crippen LogP contribution in [0.1, 0.15) is 31.9 Å². The highest BCUT2D eigenvalue weighted by Crippen LogP contribution is 2.39. The van der Waals surface area contributed by atoms with Crippen LogP contribution in [-0.4, -0.2) is 20.2 Å². The summed E-state index contributed by atoms with van der Waals surface area (Å²) >= 11 is 6.24. The van der Waals surface area contributed by atoms with E-state index in [1.54, 1.807) is 0 Å². The van der Waals surface area contributed by atoms with Gasteiger partial charge in [0.2, 0.25) is 0 Å². The van der Waals surface area contributed by atoms with Crippen LogP contribution in [0, 0.1) is 11.3 Å². The Labute approximate surface area is 121 Å². The highest BCUT2D eigenvalue weighted by Gasteiger charge is 2.30. The summed E-state index contributed by atoms with van der Waals surface area (Å²) < 4.78 is 5.81. The molecule has 3 heteroatoms. The summed E-state index contributed by atoms with van der Waals surface area (Å²) in [6, 6.07) is 4.11. The van der Waals surface area contributed by atoms with Crippen LogP contribution in [0.3, 0.4) is 0 Å². The second kappa shape index (κ2) is 5.72. The molecule has 1 N–H and O–H groups in total. The lowest BCUT2D eigenvalue weighted by Gasteiger charge is -2.34. The van der Waals surface area contributed by atoms with Gasteiger partial charge in [-0.15, -0.1) is 0 Å². The second-order valence-corrected chi connectivity index (χ2v) is 6.60. The Morgan fingerprint density at radius 2 is 2.16 bits per heavy atom. The van der Waals surface area contributed by atoms with Gasteiger partial charge in [0.25, 0.3) is 0 Å². The van der Waals surface area contributed by atoms with Crippen molar-refractivity contribution < 1.29 is 4.74 Å². The predicted molar refractivity (Wildman–Crippen MR) is 81.2 cm³/mol. The third-order valence-electron chi connectivity index (χ3n) is 4.39. The van der Waals surface area contributed by atoms with Crippen LogP contribution in [0.15, 0.2) is 12.1 Å². The number of halogens is 1. The van der Waals surface area contributed by atoms with Gasteiger partial charge in [-0.05, 0) is 48.1 Å². The molecular weight excluding hydrogens is 258 g/mol. The Kier molecular flexibility index (Phi) is 4.42. The van der Waals surface area contributed by atoms with Gasteiger partial charge >= 0.3 is 0 Å². The van der Waals surface area contributed by atoms with E-state index in [-0.39, 0.29) is 5.41 Å². The molecule has 1 atom stereocenters. The summed E-state index contributed by atoms with van der Waals surface area (Å²) in [6.45, 7) is 8.67. The van der Waals surface area contributed by atoms with Crippen molar-refractivity contribution in [1.29, 1.82) is 0 Å². The lowest BCUT2D eigenvalue weighted by Crippen LogP contribution is -2.36. The number of hydrogen-bond donors (Lipinski definition) is 1. The molecule has 19 heavy (non-hydrogen) atoms. The van der Waals surface area contributed by atoms with Crippen LogP contribution in [0.2, 0.25) is 5.02 Å². The molecular formula is C16H24ClNO. The van der Waals surface area contributed by atoms with Gasteiger partial charge in [0.1, 0.15) is 5.75 Å². The fourth-order valence-electron chi connectivity index (χ4n) is 2.79. The first kappa shape index (κ1) is 14.7. The fraction of sp³-hybridized carbons (Fsp3) is 0.625. The first-order valence-electron chi connectivity index (χ1n) is 7.05. The Hall–Kier alpha value is -0.730. The molecule has 0 saturated heterocycles. The highest BCUT2D eigenvalue weighted by molar-refractivity contribution is 6.30. The van der Waals surface area contributed by atoms with Crippen LogP contribution in [-0.2, 0) is 12.8 Å². The number of ether oxygens (including phenoxy) is 1. The van der Waals surface area contributed by atoms with Gasteiger partial charge in [0.15, 0.2) is 0 Å². The molecule has 0 saturated carbocycles. The van der Waals surface area contributed by atoms with E-state index in [0.29, 0.717) is 5.92 Å². The second-order valence-electron chi connectivity index (χ2n) is 6.17. The summed E-state index contributed by atoms with van der Waals surface area (Å²) in [7, 11) is 2.01. The Bertz CT molecular complexity index is 458. The van der Waals surface area contributed by atoms with Gasteiger partial charge in [0, 0.05) is 18.0 Å². The quantitative estimate of drug-likeness (QED) is 0.889. The topological polar surface area (TPSA) is 21.3 Å². The molecule has 0 radical (unpaired) electrons. The van der Waals surface area contributed by atoms with Crippen LogP contribution < -0.4 is 10.1 Å². The zero-order valence-corrected chi connectivity index (χ0v) is 13.1.